The summed E-state index contributed by atoms with van der Waals surface area (Å²) in [5, 5.41) is 3.93. The molecule has 0 aromatic heterocycles. The molecule has 0 aliphatic carbocycles. The minimum atomic E-state index is -2.43. The third-order valence-electron chi connectivity index (χ3n) is 2.13. The van der Waals surface area contributed by atoms with Gasteiger partial charge in [0.15, 0.2) is 0 Å². The number of alkyl halides is 2. The van der Waals surface area contributed by atoms with Crippen molar-refractivity contribution in [3.05, 3.63) is 35.4 Å². The molecule has 0 unspecified atom stereocenters. The van der Waals surface area contributed by atoms with Crippen molar-refractivity contribution in [3.8, 4) is 0 Å². The van der Waals surface area contributed by atoms with Gasteiger partial charge in [0.25, 0.3) is 6.43 Å². The molecule has 0 N–H and O–H groups in total. The fraction of sp³-hybridized carbons (Fsp3) is 0.417. The zero-order valence-electron chi connectivity index (χ0n) is 9.41. The Bertz CT molecular complexity index is 347. The highest BCUT2D eigenvalue weighted by Gasteiger charge is 2.07. The van der Waals surface area contributed by atoms with Gasteiger partial charge in [-0.15, -0.1) is 0 Å². The van der Waals surface area contributed by atoms with Gasteiger partial charge >= 0.3 is 0 Å². The average molecular weight is 227 g/mol. The van der Waals surface area contributed by atoms with E-state index in [1.165, 1.54) is 12.1 Å². The smallest absolute Gasteiger partial charge is 0.263 e. The van der Waals surface area contributed by atoms with Crippen LogP contribution >= 0.6 is 0 Å². The molecule has 1 rings (SSSR count). The fourth-order valence-corrected chi connectivity index (χ4v) is 1.28. The lowest BCUT2D eigenvalue weighted by molar-refractivity contribution is 0.151. The second kappa shape index (κ2) is 6.20. The van der Waals surface area contributed by atoms with Gasteiger partial charge in [0.05, 0.1) is 5.71 Å². The molecule has 0 spiro atoms. The summed E-state index contributed by atoms with van der Waals surface area (Å²) in [6, 6.07) is 6.11. The van der Waals surface area contributed by atoms with Crippen LogP contribution in [0.25, 0.3) is 0 Å². The molecule has 0 saturated carbocycles. The van der Waals surface area contributed by atoms with E-state index in [4.69, 9.17) is 4.84 Å². The Hall–Kier alpha value is -1.45. The first-order valence-corrected chi connectivity index (χ1v) is 5.26. The van der Waals surface area contributed by atoms with Gasteiger partial charge < -0.3 is 4.84 Å². The van der Waals surface area contributed by atoms with Crippen LogP contribution in [0.15, 0.2) is 29.4 Å². The normalized spacial score (nSPS) is 11.9. The van der Waals surface area contributed by atoms with Gasteiger partial charge in [-0.2, -0.15) is 0 Å². The Morgan fingerprint density at radius 2 is 1.88 bits per heavy atom. The molecule has 0 fully saturated rings. The molecule has 0 heterocycles. The average Bonchev–Trinajstić information content (AvgIpc) is 2.30. The van der Waals surface area contributed by atoms with E-state index in [1.807, 2.05) is 13.8 Å². The van der Waals surface area contributed by atoms with Crippen LogP contribution in [0.2, 0.25) is 0 Å². The van der Waals surface area contributed by atoms with Crippen molar-refractivity contribution >= 4 is 5.71 Å². The first-order chi connectivity index (χ1) is 7.69. The van der Waals surface area contributed by atoms with Crippen LogP contribution in [0, 0.1) is 0 Å². The zero-order chi connectivity index (χ0) is 12.0. The first kappa shape index (κ1) is 12.6. The predicted octanol–water partition coefficient (Wildman–Crippen LogP) is 3.77. The van der Waals surface area contributed by atoms with E-state index in [9.17, 15) is 8.78 Å². The number of oxime groups is 1. The summed E-state index contributed by atoms with van der Waals surface area (Å²) in [5.41, 5.74) is 1.61. The standard InChI is InChI=1S/C12H15F2NO/c1-3-11(15-16-4-2)9-5-7-10(8-6-9)12(13)14/h5-8,12H,3-4H2,1-2H3. The van der Waals surface area contributed by atoms with Crippen LogP contribution in [0.3, 0.4) is 0 Å². The van der Waals surface area contributed by atoms with Crippen LogP contribution < -0.4 is 0 Å². The highest BCUT2D eigenvalue weighted by molar-refractivity contribution is 6.00. The zero-order valence-corrected chi connectivity index (χ0v) is 9.41. The van der Waals surface area contributed by atoms with E-state index in [2.05, 4.69) is 5.16 Å². The van der Waals surface area contributed by atoms with Gasteiger partial charge in [-0.25, -0.2) is 8.78 Å². The molecule has 0 atom stereocenters. The highest BCUT2D eigenvalue weighted by Crippen LogP contribution is 2.19. The van der Waals surface area contributed by atoms with Gasteiger partial charge in [-0.1, -0.05) is 36.3 Å². The molecule has 2 nitrogen and oxygen atoms in total. The Morgan fingerprint density at radius 3 is 2.31 bits per heavy atom. The molecule has 0 aliphatic heterocycles. The summed E-state index contributed by atoms with van der Waals surface area (Å²) in [4.78, 5) is 4.96. The topological polar surface area (TPSA) is 21.6 Å². The third kappa shape index (κ3) is 3.29. The lowest BCUT2D eigenvalue weighted by atomic mass is 10.1. The largest absolute Gasteiger partial charge is 0.396 e. The van der Waals surface area contributed by atoms with E-state index >= 15 is 0 Å². The Morgan fingerprint density at radius 1 is 1.25 bits per heavy atom. The fourth-order valence-electron chi connectivity index (χ4n) is 1.28. The maximum absolute atomic E-state index is 12.3. The molecule has 1 aromatic rings. The molecule has 88 valence electrons. The Balaban J connectivity index is 2.86. The van der Waals surface area contributed by atoms with Crippen LogP contribution in [-0.4, -0.2) is 12.3 Å². The van der Waals surface area contributed by atoms with Crippen molar-refractivity contribution in [1.82, 2.24) is 0 Å². The van der Waals surface area contributed by atoms with Crippen molar-refractivity contribution in [3.63, 3.8) is 0 Å². The van der Waals surface area contributed by atoms with Gasteiger partial charge in [0.2, 0.25) is 0 Å². The number of hydrogen-bond donors (Lipinski definition) is 0. The minimum Gasteiger partial charge on any atom is -0.396 e. The van der Waals surface area contributed by atoms with Gasteiger partial charge in [-0.05, 0) is 18.9 Å². The molecule has 1 aromatic carbocycles. The van der Waals surface area contributed by atoms with Crippen molar-refractivity contribution in [2.45, 2.75) is 26.7 Å². The molecular formula is C12H15F2NO. The summed E-state index contributed by atoms with van der Waals surface area (Å²) in [6.07, 6.45) is -1.73. The van der Waals surface area contributed by atoms with Gasteiger partial charge in [0, 0.05) is 5.56 Å². The minimum absolute atomic E-state index is 0.0237. The van der Waals surface area contributed by atoms with Crippen LogP contribution in [0.4, 0.5) is 8.78 Å². The maximum Gasteiger partial charge on any atom is 0.263 e. The van der Waals surface area contributed by atoms with Crippen molar-refractivity contribution in [2.75, 3.05) is 6.61 Å². The number of nitrogens with zero attached hydrogens (tertiary/aromatic N) is 1. The summed E-state index contributed by atoms with van der Waals surface area (Å²) >= 11 is 0. The van der Waals surface area contributed by atoms with E-state index in [0.717, 1.165) is 11.3 Å². The predicted molar refractivity (Wildman–Crippen MR) is 59.9 cm³/mol. The first-order valence-electron chi connectivity index (χ1n) is 5.26. The molecule has 0 saturated heterocycles. The van der Waals surface area contributed by atoms with E-state index in [-0.39, 0.29) is 5.56 Å². The summed E-state index contributed by atoms with van der Waals surface area (Å²) in [7, 11) is 0. The van der Waals surface area contributed by atoms with E-state index in [0.29, 0.717) is 13.0 Å². The SMILES string of the molecule is CCON=C(CC)c1ccc(C(F)F)cc1. The van der Waals surface area contributed by atoms with E-state index < -0.39 is 6.43 Å². The Kier molecular flexibility index (Phi) is 4.89. The molecule has 16 heavy (non-hydrogen) atoms. The molecule has 0 radical (unpaired) electrons. The quantitative estimate of drug-likeness (QED) is 0.554. The number of halogens is 2. The van der Waals surface area contributed by atoms with Crippen molar-refractivity contribution in [1.29, 1.82) is 0 Å². The number of hydrogen-bond acceptors (Lipinski definition) is 2. The van der Waals surface area contributed by atoms with Crippen molar-refractivity contribution in [2.24, 2.45) is 5.16 Å². The lowest BCUT2D eigenvalue weighted by Gasteiger charge is -2.05. The van der Waals surface area contributed by atoms with Crippen LogP contribution in [0.5, 0.6) is 0 Å². The summed E-state index contributed by atoms with van der Waals surface area (Å²) < 4.78 is 24.7. The monoisotopic (exact) mass is 227 g/mol. The lowest BCUT2D eigenvalue weighted by Crippen LogP contribution is -2.00. The molecule has 0 bridgehead atoms. The second-order valence-corrected chi connectivity index (χ2v) is 3.23. The molecular weight excluding hydrogens is 212 g/mol. The van der Waals surface area contributed by atoms with E-state index in [1.54, 1.807) is 12.1 Å². The van der Waals surface area contributed by atoms with Gasteiger partial charge in [0.1, 0.15) is 6.61 Å². The second-order valence-electron chi connectivity index (χ2n) is 3.23. The number of benzene rings is 1. The number of rotatable bonds is 5. The van der Waals surface area contributed by atoms with Crippen LogP contribution in [0.1, 0.15) is 37.8 Å². The van der Waals surface area contributed by atoms with Crippen molar-refractivity contribution < 1.29 is 13.6 Å². The van der Waals surface area contributed by atoms with Crippen LogP contribution in [-0.2, 0) is 4.84 Å². The molecule has 0 aliphatic rings. The molecule has 0 amide bonds. The van der Waals surface area contributed by atoms with Gasteiger partial charge in [-0.3, -0.25) is 0 Å². The molecule has 4 heteroatoms. The highest BCUT2D eigenvalue weighted by atomic mass is 19.3. The Labute approximate surface area is 93.9 Å². The maximum atomic E-state index is 12.3. The third-order valence-corrected chi connectivity index (χ3v) is 2.13. The summed E-state index contributed by atoms with van der Waals surface area (Å²) in [5.74, 6) is 0. The summed E-state index contributed by atoms with van der Waals surface area (Å²) in [6.45, 7) is 4.29.